The molecule has 6 rings (SSSR count). The molecule has 2 aliphatic heterocycles. The molecule has 0 bridgehead atoms. The molecule has 2 N–H and O–H groups in total. The molecule has 9 nitrogen and oxygen atoms in total. The molecule has 0 saturated carbocycles. The number of aryl methyl sites for hydroxylation is 1. The Kier molecular flexibility index (Phi) is 4.67. The Balaban J connectivity index is 1.36. The van der Waals surface area contributed by atoms with E-state index in [1.807, 2.05) is 19.9 Å². The second-order valence-electron chi connectivity index (χ2n) is 8.92. The van der Waals surface area contributed by atoms with Crippen molar-refractivity contribution in [2.24, 2.45) is 0 Å². The maximum absolute atomic E-state index is 9.80. The normalized spacial score (nSPS) is 30.6. The minimum Gasteiger partial charge on any atom is -0.394 e. The van der Waals surface area contributed by atoms with Gasteiger partial charge in [0.2, 0.25) is 5.28 Å². The van der Waals surface area contributed by atoms with Gasteiger partial charge in [0.1, 0.15) is 24.4 Å². The molecule has 0 radical (unpaired) electrons. The third-order valence-corrected chi connectivity index (χ3v) is 6.59. The summed E-state index contributed by atoms with van der Waals surface area (Å²) in [6, 6.07) is 8.53. The van der Waals surface area contributed by atoms with E-state index in [4.69, 9.17) is 25.8 Å². The summed E-state index contributed by atoms with van der Waals surface area (Å²) in [5, 5.41) is 17.8. The first-order chi connectivity index (χ1) is 15.4. The van der Waals surface area contributed by atoms with Crippen LogP contribution in [-0.2, 0) is 20.6 Å². The van der Waals surface area contributed by atoms with Crippen LogP contribution in [0.4, 0.5) is 5.82 Å². The van der Waals surface area contributed by atoms with E-state index in [0.29, 0.717) is 17.2 Å². The Morgan fingerprint density at radius 2 is 2.06 bits per heavy atom. The van der Waals surface area contributed by atoms with Crippen molar-refractivity contribution in [3.05, 3.63) is 52.6 Å². The van der Waals surface area contributed by atoms with Crippen LogP contribution < -0.4 is 5.32 Å². The predicted octanol–water partition coefficient (Wildman–Crippen LogP) is 2.83. The molecular formula is C22H24ClN5O4. The van der Waals surface area contributed by atoms with E-state index in [-0.39, 0.29) is 24.0 Å². The average molecular weight is 458 g/mol. The summed E-state index contributed by atoms with van der Waals surface area (Å²) in [7, 11) is 0. The van der Waals surface area contributed by atoms with Gasteiger partial charge in [-0.2, -0.15) is 4.98 Å². The molecule has 0 spiro atoms. The van der Waals surface area contributed by atoms with Gasteiger partial charge in [-0.15, -0.1) is 5.10 Å². The van der Waals surface area contributed by atoms with E-state index in [9.17, 15) is 5.11 Å². The fourth-order valence-electron chi connectivity index (χ4n) is 5.10. The lowest BCUT2D eigenvalue weighted by atomic mass is 10.1. The topological polar surface area (TPSA) is 103 Å². The molecule has 1 aromatic carbocycles. The molecule has 0 unspecified atom stereocenters. The minimum absolute atomic E-state index is 0.0997. The lowest BCUT2D eigenvalue weighted by Gasteiger charge is -2.23. The minimum atomic E-state index is -0.763. The molecular weight excluding hydrogens is 434 g/mol. The Bertz CT molecular complexity index is 1180. The summed E-state index contributed by atoms with van der Waals surface area (Å²) in [6.45, 7) is 3.54. The maximum atomic E-state index is 9.80. The number of aliphatic hydroxyl groups excluding tert-OH is 1. The number of hydrogen-bond donors (Lipinski definition) is 2. The fraction of sp³-hybridized carbons (Fsp3) is 0.500. The van der Waals surface area contributed by atoms with Gasteiger partial charge in [0.25, 0.3) is 0 Å². The zero-order valence-electron chi connectivity index (χ0n) is 17.7. The van der Waals surface area contributed by atoms with Crippen molar-refractivity contribution < 1.29 is 19.3 Å². The summed E-state index contributed by atoms with van der Waals surface area (Å²) in [4.78, 5) is 9.00. The summed E-state index contributed by atoms with van der Waals surface area (Å²) in [6.07, 6.45) is 1.89. The van der Waals surface area contributed by atoms with Crippen molar-refractivity contribution >= 4 is 23.1 Å². The Morgan fingerprint density at radius 3 is 2.91 bits per heavy atom. The van der Waals surface area contributed by atoms with Gasteiger partial charge in [-0.3, -0.25) is 0 Å². The van der Waals surface area contributed by atoms with Crippen LogP contribution in [0.1, 0.15) is 49.2 Å². The number of rotatable bonds is 4. The van der Waals surface area contributed by atoms with Gasteiger partial charge < -0.3 is 24.6 Å². The third kappa shape index (κ3) is 3.19. The monoisotopic (exact) mass is 457 g/mol. The van der Waals surface area contributed by atoms with Gasteiger partial charge in [0.05, 0.1) is 24.5 Å². The number of fused-ring (bicyclic) bond motifs is 3. The molecule has 2 aromatic heterocycles. The zero-order chi connectivity index (χ0) is 22.0. The zero-order valence-corrected chi connectivity index (χ0v) is 18.5. The average Bonchev–Trinajstić information content (AvgIpc) is 3.50. The largest absolute Gasteiger partial charge is 0.394 e. The number of nitrogens with one attached hydrogen (secondary N) is 1. The standard InChI is InChI=1S/C22H24ClN5O4/c1-22(2)31-17-15(10-29)30-16(18(17)32-22)14-9-24-20-19(26-21(23)27-28(14)20)25-13-8-7-11-5-3-4-6-12(11)13/h3-6,9,13,15-18,29H,7-8,10H2,1-2H3,(H,25,26,27)/t13-,15+,16-,17+,18-/m0/s1. The number of anilines is 1. The smallest absolute Gasteiger partial charge is 0.243 e. The summed E-state index contributed by atoms with van der Waals surface area (Å²) in [5.74, 6) is -0.198. The van der Waals surface area contributed by atoms with Crippen LogP contribution in [0.3, 0.4) is 0 Å². The van der Waals surface area contributed by atoms with Gasteiger partial charge >= 0.3 is 0 Å². The molecule has 3 aromatic rings. The number of imidazole rings is 1. The van der Waals surface area contributed by atoms with Gasteiger partial charge in [-0.05, 0) is 49.4 Å². The maximum Gasteiger partial charge on any atom is 0.243 e. The SMILES string of the molecule is CC1(C)O[C@@H]2[C@H](O1)[C@@H](CO)O[C@H]2c1cnc2c(N[C@H]3CCc4ccccc43)nc(Cl)nn12. The number of benzene rings is 1. The first kappa shape index (κ1) is 20.3. The van der Waals surface area contributed by atoms with Gasteiger partial charge in [0, 0.05) is 0 Å². The summed E-state index contributed by atoms with van der Waals surface area (Å²) in [5.41, 5.74) is 3.83. The van der Waals surface area contributed by atoms with Crippen molar-refractivity contribution in [1.29, 1.82) is 0 Å². The molecule has 32 heavy (non-hydrogen) atoms. The molecule has 2 fully saturated rings. The second-order valence-corrected chi connectivity index (χ2v) is 9.26. The third-order valence-electron chi connectivity index (χ3n) is 6.43. The predicted molar refractivity (Wildman–Crippen MR) is 115 cm³/mol. The molecule has 4 heterocycles. The van der Waals surface area contributed by atoms with Gasteiger partial charge in [-0.25, -0.2) is 9.50 Å². The van der Waals surface area contributed by atoms with Gasteiger partial charge in [-0.1, -0.05) is 24.3 Å². The molecule has 10 heteroatoms. The molecule has 3 aliphatic rings. The first-order valence-electron chi connectivity index (χ1n) is 10.8. The molecule has 5 atom stereocenters. The van der Waals surface area contributed by atoms with E-state index in [0.717, 1.165) is 12.8 Å². The number of aromatic nitrogens is 4. The molecule has 168 valence electrons. The number of ether oxygens (including phenoxy) is 3. The lowest BCUT2D eigenvalue weighted by molar-refractivity contribution is -0.191. The van der Waals surface area contributed by atoms with Crippen molar-refractivity contribution in [3.63, 3.8) is 0 Å². The Hall–Kier alpha value is -2.30. The number of aliphatic hydroxyl groups is 1. The van der Waals surface area contributed by atoms with Crippen LogP contribution in [0.25, 0.3) is 5.65 Å². The number of nitrogens with zero attached hydrogens (tertiary/aromatic N) is 4. The van der Waals surface area contributed by atoms with Crippen LogP contribution in [0.15, 0.2) is 30.5 Å². The Labute approximate surface area is 189 Å². The van der Waals surface area contributed by atoms with Crippen molar-refractivity contribution in [2.75, 3.05) is 11.9 Å². The number of halogens is 1. The van der Waals surface area contributed by atoms with E-state index < -0.39 is 24.1 Å². The van der Waals surface area contributed by atoms with E-state index in [1.54, 1.807) is 10.7 Å². The quantitative estimate of drug-likeness (QED) is 0.616. The summed E-state index contributed by atoms with van der Waals surface area (Å²) < 4.78 is 19.8. The Morgan fingerprint density at radius 1 is 1.25 bits per heavy atom. The number of hydrogen-bond acceptors (Lipinski definition) is 8. The van der Waals surface area contributed by atoms with Gasteiger partial charge in [0.15, 0.2) is 17.3 Å². The second kappa shape index (κ2) is 7.36. The van der Waals surface area contributed by atoms with E-state index >= 15 is 0 Å². The van der Waals surface area contributed by atoms with Crippen LogP contribution in [-0.4, -0.2) is 55.4 Å². The van der Waals surface area contributed by atoms with Crippen molar-refractivity contribution in [2.45, 2.75) is 62.9 Å². The van der Waals surface area contributed by atoms with Crippen molar-refractivity contribution in [1.82, 2.24) is 19.6 Å². The van der Waals surface area contributed by atoms with Crippen LogP contribution >= 0.6 is 11.6 Å². The lowest BCUT2D eigenvalue weighted by Crippen LogP contribution is -2.31. The highest BCUT2D eigenvalue weighted by Gasteiger charge is 2.56. The molecule has 0 amide bonds. The molecule has 2 saturated heterocycles. The summed E-state index contributed by atoms with van der Waals surface area (Å²) >= 11 is 6.31. The van der Waals surface area contributed by atoms with Crippen LogP contribution in [0.5, 0.6) is 0 Å². The first-order valence-corrected chi connectivity index (χ1v) is 11.2. The van der Waals surface area contributed by atoms with Crippen LogP contribution in [0, 0.1) is 0 Å². The van der Waals surface area contributed by atoms with E-state index in [2.05, 4.69) is 38.6 Å². The highest BCUT2D eigenvalue weighted by Crippen LogP contribution is 2.45. The molecule has 1 aliphatic carbocycles. The van der Waals surface area contributed by atoms with Crippen LogP contribution in [0.2, 0.25) is 5.28 Å². The highest BCUT2D eigenvalue weighted by molar-refractivity contribution is 6.28. The highest BCUT2D eigenvalue weighted by atomic mass is 35.5. The van der Waals surface area contributed by atoms with E-state index in [1.165, 1.54) is 11.1 Å². The fourth-order valence-corrected chi connectivity index (χ4v) is 5.26. The van der Waals surface area contributed by atoms with Crippen molar-refractivity contribution in [3.8, 4) is 0 Å².